The van der Waals surface area contributed by atoms with Crippen LogP contribution in [0.3, 0.4) is 0 Å². The quantitative estimate of drug-likeness (QED) is 0.771. The fraction of sp³-hybridized carbons (Fsp3) is 0.429. The number of rotatable bonds is 2. The van der Waals surface area contributed by atoms with Crippen molar-refractivity contribution in [1.82, 2.24) is 9.97 Å². The van der Waals surface area contributed by atoms with Gasteiger partial charge in [-0.1, -0.05) is 0 Å². The molecule has 0 bridgehead atoms. The van der Waals surface area contributed by atoms with Gasteiger partial charge in [0.2, 0.25) is 0 Å². The Morgan fingerprint density at radius 3 is 2.50 bits per heavy atom. The molecule has 78 valence electrons. The Morgan fingerprint density at radius 2 is 2.14 bits per heavy atom. The zero-order chi connectivity index (χ0) is 10.9. The SMILES string of the molecule is Cc1[nH]c(CC(=O)O)nc1C(F)(F)F. The Labute approximate surface area is 76.8 Å². The molecule has 0 atom stereocenters. The van der Waals surface area contributed by atoms with Crippen LogP contribution >= 0.6 is 0 Å². The maximum Gasteiger partial charge on any atom is 0.435 e. The van der Waals surface area contributed by atoms with Gasteiger partial charge in [0, 0.05) is 5.69 Å². The molecule has 1 heterocycles. The van der Waals surface area contributed by atoms with Gasteiger partial charge in [0.25, 0.3) is 0 Å². The Hall–Kier alpha value is -1.53. The highest BCUT2D eigenvalue weighted by Crippen LogP contribution is 2.29. The van der Waals surface area contributed by atoms with Crippen molar-refractivity contribution >= 4 is 5.97 Å². The largest absolute Gasteiger partial charge is 0.481 e. The molecule has 2 N–H and O–H groups in total. The van der Waals surface area contributed by atoms with Crippen molar-refractivity contribution in [2.45, 2.75) is 19.5 Å². The average Bonchev–Trinajstić information content (AvgIpc) is 2.27. The van der Waals surface area contributed by atoms with Gasteiger partial charge in [0.1, 0.15) is 12.2 Å². The Balaban J connectivity index is 2.99. The molecule has 0 amide bonds. The molecule has 0 unspecified atom stereocenters. The number of H-pyrrole nitrogens is 1. The lowest BCUT2D eigenvalue weighted by atomic mass is 10.3. The van der Waals surface area contributed by atoms with Crippen LogP contribution in [0.5, 0.6) is 0 Å². The second-order valence-electron chi connectivity index (χ2n) is 2.73. The van der Waals surface area contributed by atoms with Gasteiger partial charge in [-0.2, -0.15) is 13.2 Å². The molecule has 0 radical (unpaired) electrons. The summed E-state index contributed by atoms with van der Waals surface area (Å²) < 4.78 is 36.5. The minimum atomic E-state index is -4.54. The second-order valence-corrected chi connectivity index (χ2v) is 2.73. The molecule has 14 heavy (non-hydrogen) atoms. The standard InChI is InChI=1S/C7H7F3N2O2/c1-3-6(7(8,9)10)12-4(11-3)2-5(13)14/h2H2,1H3,(H,11,12)(H,13,14). The third-order valence-corrected chi connectivity index (χ3v) is 1.52. The van der Waals surface area contributed by atoms with Gasteiger partial charge < -0.3 is 10.1 Å². The molecule has 0 aliphatic heterocycles. The van der Waals surface area contributed by atoms with Gasteiger partial charge in [-0.3, -0.25) is 4.79 Å². The molecule has 1 aromatic heterocycles. The summed E-state index contributed by atoms with van der Waals surface area (Å²) in [5.74, 6) is -1.42. The predicted molar refractivity (Wildman–Crippen MR) is 39.7 cm³/mol. The van der Waals surface area contributed by atoms with Crippen LogP contribution in [-0.4, -0.2) is 21.0 Å². The number of nitrogens with one attached hydrogen (secondary N) is 1. The predicted octanol–water partition coefficient (Wildman–Crippen LogP) is 1.36. The molecule has 0 fully saturated rings. The summed E-state index contributed by atoms with van der Waals surface area (Å²) >= 11 is 0. The van der Waals surface area contributed by atoms with Crippen molar-refractivity contribution in [3.8, 4) is 0 Å². The first-order valence-corrected chi connectivity index (χ1v) is 3.65. The van der Waals surface area contributed by atoms with Crippen LogP contribution in [0.1, 0.15) is 17.2 Å². The summed E-state index contributed by atoms with van der Waals surface area (Å²) in [4.78, 5) is 15.6. The van der Waals surface area contributed by atoms with E-state index in [-0.39, 0.29) is 11.5 Å². The molecule has 0 aromatic carbocycles. The Bertz CT molecular complexity index is 356. The average molecular weight is 208 g/mol. The van der Waals surface area contributed by atoms with E-state index < -0.39 is 24.3 Å². The number of aromatic amines is 1. The highest BCUT2D eigenvalue weighted by atomic mass is 19.4. The van der Waals surface area contributed by atoms with Gasteiger partial charge in [-0.25, -0.2) is 4.98 Å². The van der Waals surface area contributed by atoms with E-state index in [0.29, 0.717) is 0 Å². The van der Waals surface area contributed by atoms with E-state index in [4.69, 9.17) is 5.11 Å². The summed E-state index contributed by atoms with van der Waals surface area (Å²) in [5.41, 5.74) is -1.23. The van der Waals surface area contributed by atoms with E-state index >= 15 is 0 Å². The van der Waals surface area contributed by atoms with Crippen molar-refractivity contribution < 1.29 is 23.1 Å². The molecular formula is C7H7F3N2O2. The van der Waals surface area contributed by atoms with E-state index in [9.17, 15) is 18.0 Å². The number of alkyl halides is 3. The van der Waals surface area contributed by atoms with E-state index in [1.807, 2.05) is 0 Å². The van der Waals surface area contributed by atoms with E-state index in [2.05, 4.69) is 9.97 Å². The van der Waals surface area contributed by atoms with E-state index in [0.717, 1.165) is 0 Å². The molecule has 1 rings (SSSR count). The van der Waals surface area contributed by atoms with Gasteiger partial charge in [-0.05, 0) is 6.92 Å². The molecule has 0 aliphatic rings. The van der Waals surface area contributed by atoms with Crippen molar-refractivity contribution in [2.24, 2.45) is 0 Å². The van der Waals surface area contributed by atoms with Crippen molar-refractivity contribution in [3.63, 3.8) is 0 Å². The molecule has 0 spiro atoms. The third-order valence-electron chi connectivity index (χ3n) is 1.52. The highest BCUT2D eigenvalue weighted by molar-refractivity contribution is 5.69. The molecule has 0 saturated heterocycles. The monoisotopic (exact) mass is 208 g/mol. The first-order chi connectivity index (χ1) is 6.30. The fourth-order valence-corrected chi connectivity index (χ4v) is 1.03. The molecular weight excluding hydrogens is 201 g/mol. The zero-order valence-corrected chi connectivity index (χ0v) is 7.14. The second kappa shape index (κ2) is 3.32. The molecule has 7 heteroatoms. The molecule has 1 aromatic rings. The van der Waals surface area contributed by atoms with Gasteiger partial charge >= 0.3 is 12.1 Å². The number of hydrogen-bond donors (Lipinski definition) is 2. The van der Waals surface area contributed by atoms with Gasteiger partial charge in [-0.15, -0.1) is 0 Å². The molecule has 4 nitrogen and oxygen atoms in total. The number of aryl methyl sites for hydroxylation is 1. The number of carbonyl (C=O) groups is 1. The first kappa shape index (κ1) is 10.6. The molecule has 0 saturated carbocycles. The van der Waals surface area contributed by atoms with Crippen LogP contribution in [0.15, 0.2) is 0 Å². The van der Waals surface area contributed by atoms with E-state index in [1.165, 1.54) is 6.92 Å². The number of hydrogen-bond acceptors (Lipinski definition) is 2. The number of halogens is 3. The minimum Gasteiger partial charge on any atom is -0.481 e. The van der Waals surface area contributed by atoms with Crippen LogP contribution in [0.2, 0.25) is 0 Å². The summed E-state index contributed by atoms with van der Waals surface area (Å²) in [7, 11) is 0. The Kier molecular flexibility index (Phi) is 2.50. The van der Waals surface area contributed by atoms with Gasteiger partial charge in [0.05, 0.1) is 0 Å². The Morgan fingerprint density at radius 1 is 1.57 bits per heavy atom. The van der Waals surface area contributed by atoms with Crippen molar-refractivity contribution in [2.75, 3.05) is 0 Å². The maximum absolute atomic E-state index is 12.2. The van der Waals surface area contributed by atoms with Crippen molar-refractivity contribution in [3.05, 3.63) is 17.2 Å². The summed E-state index contributed by atoms with van der Waals surface area (Å²) in [5, 5.41) is 8.33. The normalized spacial score (nSPS) is 11.7. The van der Waals surface area contributed by atoms with Crippen LogP contribution < -0.4 is 0 Å². The van der Waals surface area contributed by atoms with E-state index in [1.54, 1.807) is 0 Å². The minimum absolute atomic E-state index is 0.172. The lowest BCUT2D eigenvalue weighted by Gasteiger charge is -2.01. The van der Waals surface area contributed by atoms with Crippen LogP contribution in [0.25, 0.3) is 0 Å². The van der Waals surface area contributed by atoms with Crippen molar-refractivity contribution in [1.29, 1.82) is 0 Å². The summed E-state index contributed by atoms with van der Waals surface area (Å²) in [6.07, 6.45) is -5.09. The highest BCUT2D eigenvalue weighted by Gasteiger charge is 2.36. The number of nitrogens with zero attached hydrogens (tertiary/aromatic N) is 1. The van der Waals surface area contributed by atoms with Crippen LogP contribution in [-0.2, 0) is 17.4 Å². The zero-order valence-electron chi connectivity index (χ0n) is 7.14. The third kappa shape index (κ3) is 2.24. The summed E-state index contributed by atoms with van der Waals surface area (Å²) in [6, 6.07) is 0. The number of imidazole rings is 1. The maximum atomic E-state index is 12.2. The topological polar surface area (TPSA) is 66.0 Å². The lowest BCUT2D eigenvalue weighted by molar-refractivity contribution is -0.142. The summed E-state index contributed by atoms with van der Waals surface area (Å²) in [6.45, 7) is 1.20. The number of aromatic nitrogens is 2. The van der Waals surface area contributed by atoms with Crippen LogP contribution in [0.4, 0.5) is 13.2 Å². The van der Waals surface area contributed by atoms with Crippen LogP contribution in [0, 0.1) is 6.92 Å². The smallest absolute Gasteiger partial charge is 0.435 e. The number of aliphatic carboxylic acids is 1. The fourth-order valence-electron chi connectivity index (χ4n) is 1.03. The number of carboxylic acids is 1. The van der Waals surface area contributed by atoms with Gasteiger partial charge in [0.15, 0.2) is 5.69 Å². The first-order valence-electron chi connectivity index (χ1n) is 3.65. The number of carboxylic acid groups (broad SMARTS) is 1. The lowest BCUT2D eigenvalue weighted by Crippen LogP contribution is -2.08. The molecule has 0 aliphatic carbocycles.